The largest absolute Gasteiger partial charge is 0.324 e. The lowest BCUT2D eigenvalue weighted by molar-refractivity contribution is -0.122. The normalized spacial score (nSPS) is 16.6. The Labute approximate surface area is 160 Å². The molecule has 0 aromatic heterocycles. The van der Waals surface area contributed by atoms with Gasteiger partial charge in [-0.2, -0.15) is 0 Å². The van der Waals surface area contributed by atoms with Gasteiger partial charge in [0.05, 0.1) is 17.0 Å². The van der Waals surface area contributed by atoms with Gasteiger partial charge in [0.15, 0.2) is 9.84 Å². The van der Waals surface area contributed by atoms with Gasteiger partial charge in [-0.15, -0.1) is 0 Å². The van der Waals surface area contributed by atoms with Crippen LogP contribution in [0, 0.1) is 0 Å². The van der Waals surface area contributed by atoms with Gasteiger partial charge in [-0.3, -0.25) is 4.79 Å². The molecule has 5 nitrogen and oxygen atoms in total. The number of sulfone groups is 1. The van der Waals surface area contributed by atoms with Crippen LogP contribution in [0.1, 0.15) is 43.2 Å². The molecule has 0 heterocycles. The van der Waals surface area contributed by atoms with Gasteiger partial charge in [-0.05, 0) is 36.1 Å². The van der Waals surface area contributed by atoms with Gasteiger partial charge in [-0.25, -0.2) is 8.42 Å². The summed E-state index contributed by atoms with van der Waals surface area (Å²) in [7, 11) is -3.30. The first-order chi connectivity index (χ1) is 12.9. The summed E-state index contributed by atoms with van der Waals surface area (Å²) in [6.45, 7) is 0. The second kappa shape index (κ2) is 8.23. The van der Waals surface area contributed by atoms with Crippen LogP contribution in [0.25, 0.3) is 0 Å². The molecule has 1 amide bonds. The number of hydrogen-bond donors (Lipinski definition) is 2. The van der Waals surface area contributed by atoms with Crippen LogP contribution in [0.15, 0.2) is 54.6 Å². The van der Waals surface area contributed by atoms with Crippen LogP contribution >= 0.6 is 0 Å². The maximum absolute atomic E-state index is 12.6. The van der Waals surface area contributed by atoms with E-state index in [1.807, 2.05) is 18.2 Å². The van der Waals surface area contributed by atoms with E-state index in [9.17, 15) is 13.2 Å². The summed E-state index contributed by atoms with van der Waals surface area (Å²) in [5.74, 6) is -0.262. The maximum atomic E-state index is 12.6. The highest BCUT2D eigenvalue weighted by atomic mass is 32.2. The molecule has 0 spiro atoms. The molecule has 0 bridgehead atoms. The van der Waals surface area contributed by atoms with E-state index in [1.54, 1.807) is 36.4 Å². The van der Waals surface area contributed by atoms with Crippen molar-refractivity contribution in [2.24, 2.45) is 5.73 Å². The molecule has 3 N–H and O–H groups in total. The number of rotatable bonds is 6. The lowest BCUT2D eigenvalue weighted by atomic mass is 9.82. The van der Waals surface area contributed by atoms with Gasteiger partial charge >= 0.3 is 0 Å². The summed E-state index contributed by atoms with van der Waals surface area (Å²) in [5.41, 5.74) is 7.45. The quantitative estimate of drug-likeness (QED) is 0.796. The number of nitrogens with one attached hydrogen (secondary N) is 1. The first-order valence-electron chi connectivity index (χ1n) is 9.30. The lowest BCUT2D eigenvalue weighted by Crippen LogP contribution is -2.52. The molecule has 0 atom stereocenters. The summed E-state index contributed by atoms with van der Waals surface area (Å²) >= 11 is 0. The topological polar surface area (TPSA) is 89.3 Å². The summed E-state index contributed by atoms with van der Waals surface area (Å²) in [5, 5.41) is 2.87. The van der Waals surface area contributed by atoms with Crippen molar-refractivity contribution >= 4 is 21.4 Å². The molecule has 27 heavy (non-hydrogen) atoms. The molecular weight excluding hydrogens is 360 g/mol. The number of carbonyl (C=O) groups excluding carboxylic acids is 1. The predicted molar refractivity (Wildman–Crippen MR) is 108 cm³/mol. The van der Waals surface area contributed by atoms with E-state index in [0.29, 0.717) is 24.1 Å². The van der Waals surface area contributed by atoms with E-state index in [0.717, 1.165) is 24.8 Å². The second-order valence-corrected chi connectivity index (χ2v) is 9.45. The monoisotopic (exact) mass is 386 g/mol. The molecule has 0 radical (unpaired) electrons. The molecular formula is C21H26N2O3S. The van der Waals surface area contributed by atoms with Crippen LogP contribution < -0.4 is 11.1 Å². The molecule has 2 aromatic carbocycles. The van der Waals surface area contributed by atoms with Crippen LogP contribution in [0.4, 0.5) is 5.69 Å². The molecule has 1 aliphatic rings. The minimum atomic E-state index is -3.30. The Balaban J connectivity index is 1.67. The number of amides is 1. The molecule has 0 unspecified atom stereocenters. The maximum Gasteiger partial charge on any atom is 0.244 e. The van der Waals surface area contributed by atoms with E-state index in [2.05, 4.69) is 5.32 Å². The van der Waals surface area contributed by atoms with Crippen molar-refractivity contribution in [2.75, 3.05) is 5.32 Å². The second-order valence-electron chi connectivity index (χ2n) is 7.39. The molecule has 3 rings (SSSR count). The molecule has 0 saturated heterocycles. The van der Waals surface area contributed by atoms with Gasteiger partial charge in [0, 0.05) is 5.69 Å². The Morgan fingerprint density at radius 3 is 2.26 bits per heavy atom. The van der Waals surface area contributed by atoms with Gasteiger partial charge in [0.2, 0.25) is 5.91 Å². The summed E-state index contributed by atoms with van der Waals surface area (Å²) in [4.78, 5) is 12.6. The van der Waals surface area contributed by atoms with Gasteiger partial charge < -0.3 is 11.1 Å². The SMILES string of the molecule is NC1(C(=O)Nc2cccc(CS(=O)(=O)Cc3ccccc3)c2)CCCCC1. The Morgan fingerprint density at radius 2 is 1.56 bits per heavy atom. The van der Waals surface area contributed by atoms with E-state index in [1.165, 1.54) is 0 Å². The lowest BCUT2D eigenvalue weighted by Gasteiger charge is -2.31. The third-order valence-electron chi connectivity index (χ3n) is 5.00. The van der Waals surface area contributed by atoms with Crippen LogP contribution in [0.3, 0.4) is 0 Å². The molecule has 1 fully saturated rings. The third-order valence-corrected chi connectivity index (χ3v) is 6.55. The standard InChI is InChI=1S/C21H26N2O3S/c22-21(12-5-2-6-13-21)20(24)23-19-11-7-10-18(14-19)16-27(25,26)15-17-8-3-1-4-9-17/h1,3-4,7-11,14H,2,5-6,12-13,15-16,22H2,(H,23,24). The number of carbonyl (C=O) groups is 1. The molecule has 2 aromatic rings. The minimum absolute atomic E-state index is 0.00363. The Morgan fingerprint density at radius 1 is 0.926 bits per heavy atom. The average Bonchev–Trinajstić information content (AvgIpc) is 2.62. The zero-order valence-corrected chi connectivity index (χ0v) is 16.2. The first kappa shape index (κ1) is 19.6. The van der Waals surface area contributed by atoms with E-state index < -0.39 is 15.4 Å². The fourth-order valence-electron chi connectivity index (χ4n) is 3.54. The Bertz CT molecular complexity index is 889. The van der Waals surface area contributed by atoms with E-state index in [-0.39, 0.29) is 17.4 Å². The number of anilines is 1. The van der Waals surface area contributed by atoms with Crippen LogP contribution in [-0.2, 0) is 26.1 Å². The van der Waals surface area contributed by atoms with Gasteiger partial charge in [-0.1, -0.05) is 61.7 Å². The zero-order chi connectivity index (χ0) is 19.3. The Hall–Kier alpha value is -2.18. The number of benzene rings is 2. The highest BCUT2D eigenvalue weighted by Crippen LogP contribution is 2.27. The van der Waals surface area contributed by atoms with Crippen LogP contribution in [0.2, 0.25) is 0 Å². The minimum Gasteiger partial charge on any atom is -0.324 e. The smallest absolute Gasteiger partial charge is 0.244 e. The number of nitrogens with two attached hydrogens (primary N) is 1. The van der Waals surface area contributed by atoms with E-state index >= 15 is 0 Å². The summed E-state index contributed by atoms with van der Waals surface area (Å²) < 4.78 is 25.0. The van der Waals surface area contributed by atoms with Crippen molar-refractivity contribution in [1.29, 1.82) is 0 Å². The van der Waals surface area contributed by atoms with Crippen LogP contribution in [0.5, 0.6) is 0 Å². The van der Waals surface area contributed by atoms with Crippen LogP contribution in [-0.4, -0.2) is 19.9 Å². The average molecular weight is 387 g/mol. The number of hydrogen-bond acceptors (Lipinski definition) is 4. The highest BCUT2D eigenvalue weighted by Gasteiger charge is 2.35. The fraction of sp³-hybridized carbons (Fsp3) is 0.381. The molecule has 0 aliphatic heterocycles. The van der Waals surface area contributed by atoms with Crippen molar-refractivity contribution in [3.63, 3.8) is 0 Å². The van der Waals surface area contributed by atoms with Gasteiger partial charge in [0.25, 0.3) is 0 Å². The summed E-state index contributed by atoms with van der Waals surface area (Å²) in [6, 6.07) is 16.1. The van der Waals surface area contributed by atoms with Crippen molar-refractivity contribution in [2.45, 2.75) is 49.1 Å². The van der Waals surface area contributed by atoms with Gasteiger partial charge in [0.1, 0.15) is 0 Å². The van der Waals surface area contributed by atoms with Crippen molar-refractivity contribution < 1.29 is 13.2 Å². The molecule has 144 valence electrons. The molecule has 1 saturated carbocycles. The first-order valence-corrected chi connectivity index (χ1v) is 11.1. The Kier molecular flexibility index (Phi) is 5.97. The third kappa shape index (κ3) is 5.40. The fourth-order valence-corrected chi connectivity index (χ4v) is 5.03. The predicted octanol–water partition coefficient (Wildman–Crippen LogP) is 3.40. The van der Waals surface area contributed by atoms with E-state index in [4.69, 9.17) is 5.73 Å². The molecule has 1 aliphatic carbocycles. The summed E-state index contributed by atoms with van der Waals surface area (Å²) in [6.07, 6.45) is 4.40. The zero-order valence-electron chi connectivity index (χ0n) is 15.4. The van der Waals surface area contributed by atoms with Crippen molar-refractivity contribution in [3.8, 4) is 0 Å². The molecule has 6 heteroatoms. The van der Waals surface area contributed by atoms with Crippen molar-refractivity contribution in [3.05, 3.63) is 65.7 Å². The highest BCUT2D eigenvalue weighted by molar-refractivity contribution is 7.89. The van der Waals surface area contributed by atoms with Crippen molar-refractivity contribution in [1.82, 2.24) is 0 Å².